The Hall–Kier alpha value is -3.14. The topological polar surface area (TPSA) is 50.7 Å². The van der Waals surface area contributed by atoms with Gasteiger partial charge in [0.05, 0.1) is 0 Å². The van der Waals surface area contributed by atoms with Gasteiger partial charge in [0.2, 0.25) is 0 Å². The minimum atomic E-state index is -0.167. The highest BCUT2D eigenvalue weighted by Crippen LogP contribution is 2.21. The van der Waals surface area contributed by atoms with E-state index in [0.717, 1.165) is 35.3 Å². The number of fused-ring (bicyclic) bond motifs is 1. The van der Waals surface area contributed by atoms with Gasteiger partial charge in [-0.15, -0.1) is 0 Å². The van der Waals surface area contributed by atoms with E-state index in [1.54, 1.807) is 0 Å². The third kappa shape index (κ3) is 4.58. The number of hydrazone groups is 1. The highest BCUT2D eigenvalue weighted by atomic mass is 16.5. The van der Waals surface area contributed by atoms with Crippen LogP contribution in [0, 0.1) is 0 Å². The third-order valence-electron chi connectivity index (χ3n) is 5.09. The average Bonchev–Trinajstić information content (AvgIpc) is 2.77. The van der Waals surface area contributed by atoms with Crippen LogP contribution in [0.15, 0.2) is 71.8 Å². The van der Waals surface area contributed by atoms with E-state index in [0.29, 0.717) is 12.2 Å². The summed E-state index contributed by atoms with van der Waals surface area (Å²) < 4.78 is 5.90. The molecule has 0 aliphatic heterocycles. The van der Waals surface area contributed by atoms with Crippen LogP contribution < -0.4 is 10.2 Å². The lowest BCUT2D eigenvalue weighted by molar-refractivity contribution is 0.0954. The van der Waals surface area contributed by atoms with Gasteiger partial charge in [0, 0.05) is 11.3 Å². The van der Waals surface area contributed by atoms with Gasteiger partial charge in [-0.3, -0.25) is 4.79 Å². The highest BCUT2D eigenvalue weighted by Gasteiger charge is 2.09. The fourth-order valence-corrected chi connectivity index (χ4v) is 3.44. The van der Waals surface area contributed by atoms with Crippen LogP contribution >= 0.6 is 0 Å². The second kappa shape index (κ2) is 8.70. The van der Waals surface area contributed by atoms with Gasteiger partial charge in [-0.1, -0.05) is 48.9 Å². The predicted molar refractivity (Wildman–Crippen MR) is 113 cm³/mol. The van der Waals surface area contributed by atoms with Crippen LogP contribution in [-0.2, 0) is 6.61 Å². The molecule has 3 aromatic rings. The second-order valence-corrected chi connectivity index (χ2v) is 7.17. The van der Waals surface area contributed by atoms with Crippen molar-refractivity contribution in [2.75, 3.05) is 0 Å². The Bertz CT molecular complexity index is 985. The van der Waals surface area contributed by atoms with Gasteiger partial charge in [-0.05, 0) is 66.3 Å². The van der Waals surface area contributed by atoms with Gasteiger partial charge in [-0.25, -0.2) is 5.43 Å². The van der Waals surface area contributed by atoms with Crippen molar-refractivity contribution in [3.8, 4) is 5.75 Å². The molecule has 142 valence electrons. The zero-order valence-corrected chi connectivity index (χ0v) is 15.9. The molecule has 0 spiro atoms. The van der Waals surface area contributed by atoms with E-state index < -0.39 is 0 Å². The number of hydrogen-bond acceptors (Lipinski definition) is 3. The van der Waals surface area contributed by atoms with Gasteiger partial charge in [-0.2, -0.15) is 5.10 Å². The van der Waals surface area contributed by atoms with Gasteiger partial charge < -0.3 is 4.74 Å². The zero-order valence-electron chi connectivity index (χ0n) is 15.9. The number of hydrogen-bond donors (Lipinski definition) is 1. The largest absolute Gasteiger partial charge is 0.489 e. The lowest BCUT2D eigenvalue weighted by atomic mass is 9.99. The molecule has 0 heterocycles. The number of ether oxygens (including phenoxy) is 1. The van der Waals surface area contributed by atoms with E-state index in [9.17, 15) is 4.79 Å². The van der Waals surface area contributed by atoms with Crippen LogP contribution in [0.4, 0.5) is 0 Å². The van der Waals surface area contributed by atoms with Crippen molar-refractivity contribution in [2.24, 2.45) is 5.10 Å². The smallest absolute Gasteiger partial charge is 0.271 e. The fraction of sp³-hybridized carbons (Fsp3) is 0.250. The Labute approximate surface area is 165 Å². The minimum absolute atomic E-state index is 0.167. The number of carbonyl (C=O) groups excluding carboxylic acids is 1. The molecule has 0 atom stereocenters. The quantitative estimate of drug-likeness (QED) is 0.604. The number of amides is 1. The first-order valence-corrected chi connectivity index (χ1v) is 9.84. The summed E-state index contributed by atoms with van der Waals surface area (Å²) in [5.41, 5.74) is 5.40. The maximum Gasteiger partial charge on any atom is 0.271 e. The number of carbonyl (C=O) groups is 1. The molecule has 0 aromatic heterocycles. The normalized spacial score (nSPS) is 13.9. The molecule has 4 heteroatoms. The lowest BCUT2D eigenvalue weighted by Crippen LogP contribution is -2.20. The first-order chi connectivity index (χ1) is 13.8. The Balaban J connectivity index is 1.34. The van der Waals surface area contributed by atoms with Crippen LogP contribution in [0.25, 0.3) is 10.8 Å². The molecule has 4 rings (SSSR count). The molecule has 0 saturated heterocycles. The van der Waals surface area contributed by atoms with Gasteiger partial charge in [0.25, 0.3) is 5.91 Å². The molecule has 1 fully saturated rings. The first-order valence-electron chi connectivity index (χ1n) is 9.84. The van der Waals surface area contributed by atoms with Crippen LogP contribution in [0.1, 0.15) is 48.0 Å². The van der Waals surface area contributed by atoms with Crippen LogP contribution in [-0.4, -0.2) is 11.6 Å². The summed E-state index contributed by atoms with van der Waals surface area (Å²) in [6, 6.07) is 21.8. The molecular formula is C24H24N2O2. The molecule has 0 radical (unpaired) electrons. The summed E-state index contributed by atoms with van der Waals surface area (Å²) in [4.78, 5) is 12.3. The summed E-state index contributed by atoms with van der Waals surface area (Å²) in [6.45, 7) is 0.461. The summed E-state index contributed by atoms with van der Waals surface area (Å²) in [7, 11) is 0. The Morgan fingerprint density at radius 3 is 2.43 bits per heavy atom. The van der Waals surface area contributed by atoms with Crippen molar-refractivity contribution >= 4 is 22.4 Å². The molecule has 0 bridgehead atoms. The van der Waals surface area contributed by atoms with Crippen LogP contribution in [0.5, 0.6) is 5.75 Å². The van der Waals surface area contributed by atoms with Gasteiger partial charge in [0.15, 0.2) is 0 Å². The molecule has 1 N–H and O–H groups in total. The summed E-state index contributed by atoms with van der Waals surface area (Å²) in [5, 5.41) is 6.63. The monoisotopic (exact) mass is 372 g/mol. The van der Waals surface area contributed by atoms with Crippen molar-refractivity contribution in [2.45, 2.75) is 38.7 Å². The van der Waals surface area contributed by atoms with Crippen molar-refractivity contribution in [1.29, 1.82) is 0 Å². The number of benzene rings is 3. The molecule has 1 amide bonds. The maximum absolute atomic E-state index is 12.3. The SMILES string of the molecule is O=C(NN=C1CCCCC1)c1ccc(COc2ccc3ccccc3c2)cc1. The molecule has 4 nitrogen and oxygen atoms in total. The molecule has 1 aliphatic rings. The highest BCUT2D eigenvalue weighted by molar-refractivity contribution is 5.95. The lowest BCUT2D eigenvalue weighted by Gasteiger charge is -2.12. The van der Waals surface area contributed by atoms with E-state index in [-0.39, 0.29) is 5.91 Å². The van der Waals surface area contributed by atoms with E-state index in [1.807, 2.05) is 48.5 Å². The Morgan fingerprint density at radius 1 is 0.893 bits per heavy atom. The van der Waals surface area contributed by atoms with E-state index in [2.05, 4.69) is 28.7 Å². The number of nitrogens with zero attached hydrogens (tertiary/aromatic N) is 1. The zero-order chi connectivity index (χ0) is 19.2. The molecule has 1 saturated carbocycles. The summed E-state index contributed by atoms with van der Waals surface area (Å²) in [5.74, 6) is 0.670. The summed E-state index contributed by atoms with van der Waals surface area (Å²) in [6.07, 6.45) is 5.58. The van der Waals surface area contributed by atoms with E-state index in [1.165, 1.54) is 24.6 Å². The fourth-order valence-electron chi connectivity index (χ4n) is 3.44. The molecule has 3 aromatic carbocycles. The molecule has 1 aliphatic carbocycles. The Kier molecular flexibility index (Phi) is 5.66. The van der Waals surface area contributed by atoms with Crippen molar-refractivity contribution in [1.82, 2.24) is 5.43 Å². The Morgan fingerprint density at radius 2 is 1.64 bits per heavy atom. The maximum atomic E-state index is 12.3. The second-order valence-electron chi connectivity index (χ2n) is 7.17. The number of rotatable bonds is 5. The van der Waals surface area contributed by atoms with E-state index in [4.69, 9.17) is 4.74 Å². The molecule has 28 heavy (non-hydrogen) atoms. The van der Waals surface area contributed by atoms with Crippen LogP contribution in [0.3, 0.4) is 0 Å². The van der Waals surface area contributed by atoms with Crippen LogP contribution in [0.2, 0.25) is 0 Å². The van der Waals surface area contributed by atoms with Gasteiger partial charge in [0.1, 0.15) is 12.4 Å². The third-order valence-corrected chi connectivity index (χ3v) is 5.09. The van der Waals surface area contributed by atoms with Gasteiger partial charge >= 0.3 is 0 Å². The van der Waals surface area contributed by atoms with E-state index >= 15 is 0 Å². The first kappa shape index (κ1) is 18.2. The standard InChI is InChI=1S/C24H24N2O2/c27-24(26-25-22-8-2-1-3-9-22)20-12-10-18(11-13-20)17-28-23-15-14-19-6-4-5-7-21(19)16-23/h4-7,10-16H,1-3,8-9,17H2,(H,26,27). The van der Waals surface area contributed by atoms with Crippen molar-refractivity contribution in [3.63, 3.8) is 0 Å². The number of nitrogens with one attached hydrogen (secondary N) is 1. The van der Waals surface area contributed by atoms with Crippen molar-refractivity contribution < 1.29 is 9.53 Å². The molecular weight excluding hydrogens is 348 g/mol. The minimum Gasteiger partial charge on any atom is -0.489 e. The van der Waals surface area contributed by atoms with Crippen molar-refractivity contribution in [3.05, 3.63) is 77.9 Å². The molecule has 0 unspecified atom stereocenters. The average molecular weight is 372 g/mol. The summed E-state index contributed by atoms with van der Waals surface area (Å²) >= 11 is 0. The predicted octanol–water partition coefficient (Wildman–Crippen LogP) is 5.47.